The highest BCUT2D eigenvalue weighted by Gasteiger charge is 2.16. The summed E-state index contributed by atoms with van der Waals surface area (Å²) in [5.74, 6) is 0.725. The van der Waals surface area contributed by atoms with E-state index < -0.39 is 11.7 Å². The molecule has 1 N–H and O–H groups in total. The van der Waals surface area contributed by atoms with Crippen LogP contribution in [0.1, 0.15) is 40.3 Å². The number of rotatable bonds is 4. The van der Waals surface area contributed by atoms with Gasteiger partial charge in [-0.25, -0.2) is 9.78 Å². The second-order valence-electron chi connectivity index (χ2n) is 6.35. The molecule has 0 atom stereocenters. The Bertz CT molecular complexity index is 656. The van der Waals surface area contributed by atoms with Crippen LogP contribution in [0.25, 0.3) is 5.65 Å². The molecule has 0 radical (unpaired) electrons. The molecule has 0 fully saturated rings. The van der Waals surface area contributed by atoms with E-state index in [9.17, 15) is 4.79 Å². The number of hydrogen-bond donors (Lipinski definition) is 1. The van der Waals surface area contributed by atoms with Crippen molar-refractivity contribution in [1.29, 1.82) is 0 Å². The molecule has 2 heterocycles. The first kappa shape index (κ1) is 16.1. The van der Waals surface area contributed by atoms with E-state index in [4.69, 9.17) is 9.47 Å². The summed E-state index contributed by atoms with van der Waals surface area (Å²) in [7, 11) is 0. The zero-order valence-electron chi connectivity index (χ0n) is 13.7. The minimum absolute atomic E-state index is 0.0799. The highest BCUT2D eigenvalue weighted by Crippen LogP contribution is 2.17. The average Bonchev–Trinajstić information content (AvgIpc) is 2.78. The van der Waals surface area contributed by atoms with Gasteiger partial charge in [0.25, 0.3) is 0 Å². The van der Waals surface area contributed by atoms with Gasteiger partial charge in [0.1, 0.15) is 11.2 Å². The molecule has 2 aromatic rings. The van der Waals surface area contributed by atoms with Crippen LogP contribution in [0, 0.1) is 0 Å². The van der Waals surface area contributed by atoms with Crippen molar-refractivity contribution in [2.75, 3.05) is 0 Å². The summed E-state index contributed by atoms with van der Waals surface area (Å²) in [6.07, 6.45) is 1.48. The first-order valence-corrected chi connectivity index (χ1v) is 7.35. The molecule has 2 aromatic heterocycles. The van der Waals surface area contributed by atoms with Crippen LogP contribution in [0.2, 0.25) is 0 Å². The molecular weight excluding hydrogens is 282 g/mol. The molecule has 120 valence electrons. The zero-order chi connectivity index (χ0) is 16.3. The van der Waals surface area contributed by atoms with Crippen LogP contribution in [0.5, 0.6) is 5.88 Å². The van der Waals surface area contributed by atoms with Crippen molar-refractivity contribution >= 4 is 11.7 Å². The maximum Gasteiger partial charge on any atom is 0.407 e. The molecule has 0 saturated carbocycles. The summed E-state index contributed by atoms with van der Waals surface area (Å²) >= 11 is 0. The lowest BCUT2D eigenvalue weighted by Gasteiger charge is -2.19. The Balaban J connectivity index is 2.08. The van der Waals surface area contributed by atoms with Crippen molar-refractivity contribution in [3.63, 3.8) is 0 Å². The Kier molecular flexibility index (Phi) is 4.59. The molecule has 6 nitrogen and oxygen atoms in total. The van der Waals surface area contributed by atoms with E-state index in [2.05, 4.69) is 10.3 Å². The Labute approximate surface area is 130 Å². The Morgan fingerprint density at radius 1 is 1.36 bits per heavy atom. The number of carbonyl (C=O) groups excluding carboxylic acids is 1. The molecule has 0 aliphatic carbocycles. The molecule has 1 amide bonds. The van der Waals surface area contributed by atoms with Crippen molar-refractivity contribution in [1.82, 2.24) is 14.7 Å². The van der Waals surface area contributed by atoms with Crippen LogP contribution in [0.4, 0.5) is 4.79 Å². The first-order valence-electron chi connectivity index (χ1n) is 7.35. The molecule has 22 heavy (non-hydrogen) atoms. The van der Waals surface area contributed by atoms with Gasteiger partial charge in [0.2, 0.25) is 0 Å². The molecule has 0 aliphatic rings. The average molecular weight is 305 g/mol. The van der Waals surface area contributed by atoms with Crippen molar-refractivity contribution < 1.29 is 14.3 Å². The third-order valence-corrected chi connectivity index (χ3v) is 2.67. The van der Waals surface area contributed by atoms with E-state index in [0.717, 1.165) is 17.2 Å². The number of hydrogen-bond acceptors (Lipinski definition) is 4. The van der Waals surface area contributed by atoms with E-state index in [-0.39, 0.29) is 6.10 Å². The van der Waals surface area contributed by atoms with E-state index in [1.165, 1.54) is 0 Å². The van der Waals surface area contributed by atoms with Crippen LogP contribution in [-0.4, -0.2) is 27.2 Å². The molecule has 0 unspecified atom stereocenters. The SMILES string of the molecule is CC(C)Oc1cccc2nc(CNC(=O)OC(C)(C)C)cn12. The van der Waals surface area contributed by atoms with Gasteiger partial charge in [-0.05, 0) is 46.8 Å². The fourth-order valence-corrected chi connectivity index (χ4v) is 1.94. The van der Waals surface area contributed by atoms with E-state index in [1.807, 2.05) is 63.4 Å². The Morgan fingerprint density at radius 2 is 2.09 bits per heavy atom. The normalized spacial score (nSPS) is 11.7. The maximum absolute atomic E-state index is 11.7. The second kappa shape index (κ2) is 6.25. The standard InChI is InChI=1S/C16H23N3O3/c1-11(2)21-14-8-6-7-13-18-12(10-19(13)14)9-17-15(20)22-16(3,4)5/h6-8,10-11H,9H2,1-5H3,(H,17,20). The van der Waals surface area contributed by atoms with Crippen molar-refractivity contribution in [3.8, 4) is 5.88 Å². The number of pyridine rings is 1. The molecular formula is C16H23N3O3. The minimum Gasteiger partial charge on any atom is -0.476 e. The predicted molar refractivity (Wildman–Crippen MR) is 84.0 cm³/mol. The lowest BCUT2D eigenvalue weighted by molar-refractivity contribution is 0.0523. The number of amides is 1. The van der Waals surface area contributed by atoms with Gasteiger partial charge in [-0.2, -0.15) is 0 Å². The maximum atomic E-state index is 11.7. The Morgan fingerprint density at radius 3 is 2.73 bits per heavy atom. The summed E-state index contributed by atoms with van der Waals surface area (Å²) in [5, 5.41) is 2.70. The van der Waals surface area contributed by atoms with Crippen molar-refractivity contribution in [2.24, 2.45) is 0 Å². The number of carbonyl (C=O) groups is 1. The predicted octanol–water partition coefficient (Wildman–Crippen LogP) is 3.15. The van der Waals surface area contributed by atoms with Crippen LogP contribution in [0.15, 0.2) is 24.4 Å². The first-order chi connectivity index (χ1) is 10.2. The number of fused-ring (bicyclic) bond motifs is 1. The second-order valence-corrected chi connectivity index (χ2v) is 6.35. The third-order valence-electron chi connectivity index (χ3n) is 2.67. The van der Waals surface area contributed by atoms with Gasteiger partial charge in [-0.15, -0.1) is 0 Å². The number of aromatic nitrogens is 2. The molecule has 0 spiro atoms. The van der Waals surface area contributed by atoms with E-state index >= 15 is 0 Å². The number of alkyl carbamates (subject to hydrolysis) is 1. The lowest BCUT2D eigenvalue weighted by atomic mass is 10.2. The van der Waals surface area contributed by atoms with Gasteiger partial charge >= 0.3 is 6.09 Å². The zero-order valence-corrected chi connectivity index (χ0v) is 13.7. The molecule has 0 aliphatic heterocycles. The highest BCUT2D eigenvalue weighted by atomic mass is 16.6. The Hall–Kier alpha value is -2.24. The summed E-state index contributed by atoms with van der Waals surface area (Å²) in [5.41, 5.74) is 1.01. The fraction of sp³-hybridized carbons (Fsp3) is 0.500. The smallest absolute Gasteiger partial charge is 0.407 e. The minimum atomic E-state index is -0.513. The largest absolute Gasteiger partial charge is 0.476 e. The molecule has 6 heteroatoms. The topological polar surface area (TPSA) is 64.9 Å². The van der Waals surface area contributed by atoms with Crippen LogP contribution >= 0.6 is 0 Å². The van der Waals surface area contributed by atoms with Gasteiger partial charge < -0.3 is 14.8 Å². The van der Waals surface area contributed by atoms with Crippen LogP contribution in [-0.2, 0) is 11.3 Å². The number of imidazole rings is 1. The monoisotopic (exact) mass is 305 g/mol. The molecule has 0 saturated heterocycles. The van der Waals surface area contributed by atoms with Gasteiger partial charge in [0, 0.05) is 6.20 Å². The van der Waals surface area contributed by atoms with Gasteiger partial charge in [0.05, 0.1) is 18.3 Å². The molecule has 0 aromatic carbocycles. The summed E-state index contributed by atoms with van der Waals surface area (Å²) in [6.45, 7) is 9.73. The fourth-order valence-electron chi connectivity index (χ4n) is 1.94. The lowest BCUT2D eigenvalue weighted by Crippen LogP contribution is -2.32. The molecule has 2 rings (SSSR count). The quantitative estimate of drug-likeness (QED) is 0.942. The van der Waals surface area contributed by atoms with Crippen molar-refractivity contribution in [3.05, 3.63) is 30.1 Å². The van der Waals surface area contributed by atoms with Gasteiger partial charge in [-0.3, -0.25) is 4.40 Å². The summed E-state index contributed by atoms with van der Waals surface area (Å²) in [6, 6.07) is 5.68. The van der Waals surface area contributed by atoms with Gasteiger partial charge in [0.15, 0.2) is 5.88 Å². The summed E-state index contributed by atoms with van der Waals surface area (Å²) < 4.78 is 12.8. The highest BCUT2D eigenvalue weighted by molar-refractivity contribution is 5.67. The third kappa shape index (κ3) is 4.38. The van der Waals surface area contributed by atoms with E-state index in [0.29, 0.717) is 6.54 Å². The number of ether oxygens (including phenoxy) is 2. The number of nitrogens with zero attached hydrogens (tertiary/aromatic N) is 2. The van der Waals surface area contributed by atoms with Crippen molar-refractivity contribution in [2.45, 2.75) is 52.9 Å². The molecule has 0 bridgehead atoms. The van der Waals surface area contributed by atoms with Crippen LogP contribution < -0.4 is 10.1 Å². The number of nitrogens with one attached hydrogen (secondary N) is 1. The van der Waals surface area contributed by atoms with Gasteiger partial charge in [-0.1, -0.05) is 6.07 Å². The van der Waals surface area contributed by atoms with Crippen LogP contribution in [0.3, 0.4) is 0 Å². The summed E-state index contributed by atoms with van der Waals surface area (Å²) in [4.78, 5) is 16.1. The van der Waals surface area contributed by atoms with E-state index in [1.54, 1.807) is 0 Å².